The van der Waals surface area contributed by atoms with Crippen LogP contribution < -0.4 is 10.6 Å². The number of halogens is 2. The van der Waals surface area contributed by atoms with Crippen molar-refractivity contribution in [2.45, 2.75) is 45.8 Å². The normalized spacial score (nSPS) is 12.7. The highest BCUT2D eigenvalue weighted by atomic mass is 19.2. The number of carbonyl (C=O) groups excluding carboxylic acids is 3. The number of methoxy groups -OCH3 is 1. The quantitative estimate of drug-likeness (QED) is 0.672. The molecule has 9 heteroatoms. The van der Waals surface area contributed by atoms with Crippen molar-refractivity contribution in [1.82, 2.24) is 10.6 Å². The predicted octanol–water partition coefficient (Wildman–Crippen LogP) is 2.94. The van der Waals surface area contributed by atoms with Crippen LogP contribution in [0.4, 0.5) is 13.6 Å². The van der Waals surface area contributed by atoms with Crippen LogP contribution in [-0.4, -0.2) is 43.3 Å². The van der Waals surface area contributed by atoms with Crippen LogP contribution >= 0.6 is 0 Å². The number of hydrogen-bond donors (Lipinski definition) is 2. The fraction of sp³-hybridized carbons (Fsp3) is 0.450. The molecular formula is C20H26F2N2O5. The van der Waals surface area contributed by atoms with E-state index in [0.717, 1.165) is 13.2 Å². The van der Waals surface area contributed by atoms with E-state index in [1.165, 1.54) is 25.1 Å². The predicted molar refractivity (Wildman–Crippen MR) is 103 cm³/mol. The summed E-state index contributed by atoms with van der Waals surface area (Å²) in [5.74, 6) is -3.31. The van der Waals surface area contributed by atoms with E-state index in [-0.39, 0.29) is 24.1 Å². The summed E-state index contributed by atoms with van der Waals surface area (Å²) < 4.78 is 37.7. The van der Waals surface area contributed by atoms with Crippen molar-refractivity contribution < 1.29 is 32.6 Å². The lowest BCUT2D eigenvalue weighted by atomic mass is 10.0. The standard InChI is InChI=1S/C20H26F2N2O5/c1-12(25)24-16(18(26)28-5)10-9-13(11-23-19(27)29-20(2,3)4)14-7-6-8-15(21)17(14)22/h6-9,16H,10-11H2,1-5H3,(H,23,27)(H,24,25)/b13-9-/t16-/m0/s1. The number of ether oxygens (including phenoxy) is 2. The van der Waals surface area contributed by atoms with Gasteiger partial charge in [0.2, 0.25) is 5.91 Å². The number of rotatable bonds is 7. The Morgan fingerprint density at radius 3 is 2.41 bits per heavy atom. The fourth-order valence-corrected chi connectivity index (χ4v) is 2.37. The lowest BCUT2D eigenvalue weighted by Gasteiger charge is -2.20. The van der Waals surface area contributed by atoms with Gasteiger partial charge in [-0.15, -0.1) is 0 Å². The summed E-state index contributed by atoms with van der Waals surface area (Å²) in [6, 6.07) is 2.60. The van der Waals surface area contributed by atoms with E-state index in [4.69, 9.17) is 4.74 Å². The average Bonchev–Trinajstić information content (AvgIpc) is 2.61. The van der Waals surface area contributed by atoms with Crippen molar-refractivity contribution in [3.63, 3.8) is 0 Å². The van der Waals surface area contributed by atoms with E-state index in [1.54, 1.807) is 20.8 Å². The van der Waals surface area contributed by atoms with Gasteiger partial charge in [0.25, 0.3) is 0 Å². The van der Waals surface area contributed by atoms with Crippen LogP contribution in [0.15, 0.2) is 24.3 Å². The van der Waals surface area contributed by atoms with E-state index in [9.17, 15) is 23.2 Å². The van der Waals surface area contributed by atoms with Crippen LogP contribution in [0, 0.1) is 11.6 Å². The van der Waals surface area contributed by atoms with Gasteiger partial charge < -0.3 is 20.1 Å². The summed E-state index contributed by atoms with van der Waals surface area (Å²) in [6.45, 7) is 6.10. The molecule has 160 valence electrons. The van der Waals surface area contributed by atoms with Crippen LogP contribution in [-0.2, 0) is 19.1 Å². The molecule has 1 aromatic rings. The van der Waals surface area contributed by atoms with E-state index in [0.29, 0.717) is 0 Å². The first-order chi connectivity index (χ1) is 13.4. The number of esters is 1. The van der Waals surface area contributed by atoms with Gasteiger partial charge in [0.1, 0.15) is 11.6 Å². The molecule has 0 aliphatic heterocycles. The lowest BCUT2D eigenvalue weighted by Crippen LogP contribution is -2.40. The molecular weight excluding hydrogens is 386 g/mol. The molecule has 0 heterocycles. The number of alkyl carbamates (subject to hydrolysis) is 1. The highest BCUT2D eigenvalue weighted by Crippen LogP contribution is 2.21. The second kappa shape index (κ2) is 10.5. The Balaban J connectivity index is 3.13. The summed E-state index contributed by atoms with van der Waals surface area (Å²) >= 11 is 0. The van der Waals surface area contributed by atoms with Crippen molar-refractivity contribution in [3.8, 4) is 0 Å². The molecule has 2 amide bonds. The minimum absolute atomic E-state index is 0.0620. The summed E-state index contributed by atoms with van der Waals surface area (Å²) in [5.41, 5.74) is -0.626. The Kier molecular flexibility index (Phi) is 8.75. The molecule has 0 fully saturated rings. The maximum atomic E-state index is 14.3. The van der Waals surface area contributed by atoms with Gasteiger partial charge in [0.05, 0.1) is 7.11 Å². The van der Waals surface area contributed by atoms with Gasteiger partial charge in [-0.25, -0.2) is 18.4 Å². The van der Waals surface area contributed by atoms with E-state index < -0.39 is 41.2 Å². The van der Waals surface area contributed by atoms with Gasteiger partial charge in [-0.2, -0.15) is 0 Å². The SMILES string of the molecule is COC(=O)[C@H](C/C=C(/CNC(=O)OC(C)(C)C)c1cccc(F)c1F)NC(C)=O. The van der Waals surface area contributed by atoms with Crippen molar-refractivity contribution in [2.24, 2.45) is 0 Å². The third-order valence-electron chi connectivity index (χ3n) is 3.58. The first-order valence-electron chi connectivity index (χ1n) is 8.89. The second-order valence-electron chi connectivity index (χ2n) is 7.20. The molecule has 0 aliphatic carbocycles. The van der Waals surface area contributed by atoms with E-state index >= 15 is 0 Å². The molecule has 1 aromatic carbocycles. The number of benzene rings is 1. The van der Waals surface area contributed by atoms with Crippen LogP contribution in [0.2, 0.25) is 0 Å². The monoisotopic (exact) mass is 412 g/mol. The third kappa shape index (κ3) is 8.28. The third-order valence-corrected chi connectivity index (χ3v) is 3.58. The Bertz CT molecular complexity index is 788. The molecule has 0 unspecified atom stereocenters. The first kappa shape index (κ1) is 24.1. The Morgan fingerprint density at radius 1 is 1.21 bits per heavy atom. The Labute approximate surface area is 168 Å². The van der Waals surface area contributed by atoms with Crippen LogP contribution in [0.1, 0.15) is 39.7 Å². The lowest BCUT2D eigenvalue weighted by molar-refractivity contribution is -0.144. The topological polar surface area (TPSA) is 93.7 Å². The van der Waals surface area contributed by atoms with Crippen molar-refractivity contribution in [2.75, 3.05) is 13.7 Å². The van der Waals surface area contributed by atoms with Gasteiger partial charge >= 0.3 is 12.1 Å². The van der Waals surface area contributed by atoms with Gasteiger partial charge in [-0.05, 0) is 38.8 Å². The van der Waals surface area contributed by atoms with E-state index in [1.807, 2.05) is 0 Å². The second-order valence-corrected chi connectivity index (χ2v) is 7.20. The molecule has 0 saturated carbocycles. The van der Waals surface area contributed by atoms with Crippen LogP contribution in [0.3, 0.4) is 0 Å². The minimum atomic E-state index is -1.10. The Hall–Kier alpha value is -2.97. The number of nitrogens with one attached hydrogen (secondary N) is 2. The highest BCUT2D eigenvalue weighted by molar-refractivity contribution is 5.83. The summed E-state index contributed by atoms with van der Waals surface area (Å²) in [7, 11) is 1.16. The first-order valence-corrected chi connectivity index (χ1v) is 8.89. The number of hydrogen-bond acceptors (Lipinski definition) is 5. The average molecular weight is 412 g/mol. The molecule has 29 heavy (non-hydrogen) atoms. The van der Waals surface area contributed by atoms with Gasteiger partial charge in [-0.3, -0.25) is 4.79 Å². The molecule has 0 bridgehead atoms. The highest BCUT2D eigenvalue weighted by Gasteiger charge is 2.21. The molecule has 0 aromatic heterocycles. The zero-order chi connectivity index (χ0) is 22.2. The smallest absolute Gasteiger partial charge is 0.407 e. The molecule has 2 N–H and O–H groups in total. The number of amides is 2. The van der Waals surface area contributed by atoms with Crippen molar-refractivity contribution in [3.05, 3.63) is 41.5 Å². The largest absolute Gasteiger partial charge is 0.467 e. The van der Waals surface area contributed by atoms with Gasteiger partial charge in [0, 0.05) is 19.0 Å². The molecule has 0 radical (unpaired) electrons. The summed E-state index contributed by atoms with van der Waals surface area (Å²) in [4.78, 5) is 35.1. The fourth-order valence-electron chi connectivity index (χ4n) is 2.37. The molecule has 0 spiro atoms. The van der Waals surface area contributed by atoms with Gasteiger partial charge in [-0.1, -0.05) is 18.2 Å². The zero-order valence-electron chi connectivity index (χ0n) is 17.1. The molecule has 0 aliphatic rings. The van der Waals surface area contributed by atoms with Crippen molar-refractivity contribution >= 4 is 23.5 Å². The molecule has 1 atom stereocenters. The van der Waals surface area contributed by atoms with Gasteiger partial charge in [0.15, 0.2) is 11.6 Å². The molecule has 7 nitrogen and oxygen atoms in total. The maximum Gasteiger partial charge on any atom is 0.407 e. The zero-order valence-corrected chi connectivity index (χ0v) is 17.1. The van der Waals surface area contributed by atoms with Crippen LogP contribution in [0.5, 0.6) is 0 Å². The summed E-state index contributed by atoms with van der Waals surface area (Å²) in [5, 5.41) is 4.89. The van der Waals surface area contributed by atoms with Crippen LogP contribution in [0.25, 0.3) is 5.57 Å². The Morgan fingerprint density at radius 2 is 1.86 bits per heavy atom. The van der Waals surface area contributed by atoms with E-state index in [2.05, 4.69) is 15.4 Å². The maximum absolute atomic E-state index is 14.3. The molecule has 0 saturated heterocycles. The number of carbonyl (C=O) groups is 3. The summed E-state index contributed by atoms with van der Waals surface area (Å²) in [6.07, 6.45) is 0.617. The minimum Gasteiger partial charge on any atom is -0.467 e. The molecule has 1 rings (SSSR count). The van der Waals surface area contributed by atoms with Crippen molar-refractivity contribution in [1.29, 1.82) is 0 Å².